The van der Waals surface area contributed by atoms with Gasteiger partial charge in [0.1, 0.15) is 12.4 Å². The van der Waals surface area contributed by atoms with Crippen LogP contribution in [-0.4, -0.2) is 19.0 Å². The van der Waals surface area contributed by atoms with E-state index in [0.717, 1.165) is 21.8 Å². The third-order valence-electron chi connectivity index (χ3n) is 2.34. The minimum absolute atomic E-state index is 0.670. The second-order valence-corrected chi connectivity index (χ2v) is 3.21. The van der Waals surface area contributed by atoms with Crippen LogP contribution >= 0.6 is 0 Å². The molecule has 3 rings (SSSR count). The van der Waals surface area contributed by atoms with Gasteiger partial charge in [-0.15, -0.1) is 0 Å². The molecule has 2 aliphatic heterocycles. The average Bonchev–Trinajstić information content (AvgIpc) is 2.51. The van der Waals surface area contributed by atoms with E-state index in [1.807, 2.05) is 12.1 Å². The molecule has 2 aliphatic rings. The molecule has 0 radical (unpaired) electrons. The van der Waals surface area contributed by atoms with Crippen LogP contribution in [0.1, 0.15) is 5.56 Å². The molecule has 0 aliphatic carbocycles. The van der Waals surface area contributed by atoms with Gasteiger partial charge in [-0.2, -0.15) is 10.2 Å². The van der Waals surface area contributed by atoms with Gasteiger partial charge in [-0.05, 0) is 29.5 Å². The van der Waals surface area contributed by atoms with E-state index < -0.39 is 0 Å². The molecule has 0 unspecified atom stereocenters. The zero-order valence-corrected chi connectivity index (χ0v) is 7.47. The lowest BCUT2D eigenvalue weighted by molar-refractivity contribution is 0.385. The van der Waals surface area contributed by atoms with Crippen molar-refractivity contribution < 1.29 is 4.74 Å². The molecule has 14 heavy (non-hydrogen) atoms. The molecule has 0 atom stereocenters. The summed E-state index contributed by atoms with van der Waals surface area (Å²) in [6.45, 7) is 0.670. The molecule has 0 N–H and O–H groups in total. The molecule has 0 amide bonds. The van der Waals surface area contributed by atoms with E-state index in [9.17, 15) is 0 Å². The van der Waals surface area contributed by atoms with Crippen LogP contribution in [0.5, 0.6) is 5.75 Å². The van der Waals surface area contributed by atoms with Gasteiger partial charge in [0.15, 0.2) is 0 Å². The topological polar surface area (TPSA) is 34.0 Å². The standard InChI is InChI=1S/C11H8N2O/c1-3-12-13-7-10-5-9-2-4-14-11(9)6-8(1)10/h1-3,5-7H,4H2. The smallest absolute Gasteiger partial charge is 0.127 e. The highest BCUT2D eigenvalue weighted by Crippen LogP contribution is 2.06. The number of nitrogens with zero attached hydrogens (tertiary/aromatic N) is 2. The summed E-state index contributed by atoms with van der Waals surface area (Å²) in [5.74, 6) is 0.948. The maximum atomic E-state index is 5.44. The first-order valence-corrected chi connectivity index (χ1v) is 4.47. The molecule has 0 bridgehead atoms. The van der Waals surface area contributed by atoms with Crippen LogP contribution in [0.3, 0.4) is 0 Å². The highest BCUT2D eigenvalue weighted by atomic mass is 16.5. The molecule has 0 fully saturated rings. The Morgan fingerprint density at radius 3 is 3.14 bits per heavy atom. The first-order chi connectivity index (χ1) is 6.93. The molecule has 0 spiro atoms. The van der Waals surface area contributed by atoms with Crippen molar-refractivity contribution in [2.45, 2.75) is 0 Å². The Bertz CT molecular complexity index is 555. The summed E-state index contributed by atoms with van der Waals surface area (Å²) in [6, 6.07) is 4.10. The van der Waals surface area contributed by atoms with Gasteiger partial charge in [-0.1, -0.05) is 0 Å². The summed E-state index contributed by atoms with van der Waals surface area (Å²) in [5.41, 5.74) is 1.09. The van der Waals surface area contributed by atoms with E-state index in [1.54, 1.807) is 12.4 Å². The quantitative estimate of drug-likeness (QED) is 0.561. The van der Waals surface area contributed by atoms with Crippen LogP contribution in [0, 0.1) is 0 Å². The Morgan fingerprint density at radius 2 is 2.14 bits per heavy atom. The summed E-state index contributed by atoms with van der Waals surface area (Å²) in [4.78, 5) is 0. The molecular weight excluding hydrogens is 176 g/mol. The number of hydrogen-bond donors (Lipinski definition) is 0. The Balaban J connectivity index is 2.37. The zero-order chi connectivity index (χ0) is 9.38. The molecule has 68 valence electrons. The lowest BCUT2D eigenvalue weighted by Crippen LogP contribution is -2.14. The molecule has 1 aromatic rings. The molecule has 3 heteroatoms. The predicted octanol–water partition coefficient (Wildman–Crippen LogP) is 0.0583. The Kier molecular flexibility index (Phi) is 1.50. The number of hydrogen-bond acceptors (Lipinski definition) is 3. The van der Waals surface area contributed by atoms with Crippen LogP contribution in [0.15, 0.2) is 22.3 Å². The van der Waals surface area contributed by atoms with Crippen LogP contribution in [0.4, 0.5) is 0 Å². The molecule has 0 aromatic heterocycles. The lowest BCUT2D eigenvalue weighted by atomic mass is 10.1. The number of benzene rings is 1. The second kappa shape index (κ2) is 2.80. The van der Waals surface area contributed by atoms with Crippen molar-refractivity contribution in [1.82, 2.24) is 0 Å². The summed E-state index contributed by atoms with van der Waals surface area (Å²) >= 11 is 0. The fraction of sp³-hybridized carbons (Fsp3) is 0.0909. The predicted molar refractivity (Wildman–Crippen MR) is 56.2 cm³/mol. The highest BCUT2D eigenvalue weighted by molar-refractivity contribution is 5.95. The normalized spacial score (nSPS) is 16.0. The largest absolute Gasteiger partial charge is 0.489 e. The molecule has 1 aromatic carbocycles. The van der Waals surface area contributed by atoms with Gasteiger partial charge in [0, 0.05) is 10.8 Å². The Morgan fingerprint density at radius 1 is 1.14 bits per heavy atom. The fourth-order valence-electron chi connectivity index (χ4n) is 1.64. The molecule has 3 nitrogen and oxygen atoms in total. The van der Waals surface area contributed by atoms with Crippen molar-refractivity contribution >= 4 is 24.6 Å². The molecular formula is C11H8N2O. The van der Waals surface area contributed by atoms with Gasteiger partial charge in [-0.3, -0.25) is 0 Å². The van der Waals surface area contributed by atoms with Gasteiger partial charge in [0.05, 0.1) is 12.4 Å². The summed E-state index contributed by atoms with van der Waals surface area (Å²) in [6.07, 6.45) is 7.45. The van der Waals surface area contributed by atoms with Gasteiger partial charge >= 0.3 is 0 Å². The van der Waals surface area contributed by atoms with Crippen LogP contribution < -0.4 is 15.2 Å². The minimum atomic E-state index is 0.670. The van der Waals surface area contributed by atoms with E-state index >= 15 is 0 Å². The van der Waals surface area contributed by atoms with Gasteiger partial charge < -0.3 is 4.74 Å². The van der Waals surface area contributed by atoms with Crippen LogP contribution in [0.2, 0.25) is 0 Å². The van der Waals surface area contributed by atoms with Gasteiger partial charge in [-0.25, -0.2) is 0 Å². The van der Waals surface area contributed by atoms with Crippen molar-refractivity contribution in [2.75, 3.05) is 6.61 Å². The van der Waals surface area contributed by atoms with Crippen LogP contribution in [-0.2, 0) is 0 Å². The van der Waals surface area contributed by atoms with Crippen molar-refractivity contribution in [3.8, 4) is 5.75 Å². The van der Waals surface area contributed by atoms with E-state index in [-0.39, 0.29) is 0 Å². The van der Waals surface area contributed by atoms with Crippen molar-refractivity contribution in [1.29, 1.82) is 0 Å². The fourth-order valence-corrected chi connectivity index (χ4v) is 1.64. The van der Waals surface area contributed by atoms with Crippen molar-refractivity contribution in [3.63, 3.8) is 0 Å². The monoisotopic (exact) mass is 184 g/mol. The Labute approximate surface area is 80.7 Å². The number of ether oxygens (including phenoxy) is 1. The van der Waals surface area contributed by atoms with E-state index in [1.165, 1.54) is 0 Å². The summed E-state index contributed by atoms with van der Waals surface area (Å²) in [7, 11) is 0. The van der Waals surface area contributed by atoms with Gasteiger partial charge in [0.2, 0.25) is 0 Å². The SMILES string of the molecule is C1=NN=Cc2cc3c(cc2=C1)OCC=3. The second-order valence-electron chi connectivity index (χ2n) is 3.21. The number of fused-ring (bicyclic) bond motifs is 2. The third kappa shape index (κ3) is 1.06. The van der Waals surface area contributed by atoms with E-state index in [4.69, 9.17) is 4.74 Å². The number of rotatable bonds is 0. The highest BCUT2D eigenvalue weighted by Gasteiger charge is 2.05. The van der Waals surface area contributed by atoms with E-state index in [0.29, 0.717) is 6.61 Å². The molecule has 2 heterocycles. The summed E-state index contributed by atoms with van der Waals surface area (Å²) in [5, 5.41) is 9.97. The first kappa shape index (κ1) is 7.50. The molecule has 0 saturated carbocycles. The van der Waals surface area contributed by atoms with Crippen molar-refractivity contribution in [3.05, 3.63) is 28.1 Å². The third-order valence-corrected chi connectivity index (χ3v) is 2.34. The van der Waals surface area contributed by atoms with E-state index in [2.05, 4.69) is 22.3 Å². The maximum absolute atomic E-state index is 5.44. The summed E-state index contributed by atoms with van der Waals surface area (Å²) < 4.78 is 5.44. The average molecular weight is 184 g/mol. The maximum Gasteiger partial charge on any atom is 0.127 e. The minimum Gasteiger partial charge on any atom is -0.489 e. The Hall–Kier alpha value is -1.90. The van der Waals surface area contributed by atoms with Gasteiger partial charge in [0.25, 0.3) is 0 Å². The lowest BCUT2D eigenvalue weighted by Gasteiger charge is -1.98. The van der Waals surface area contributed by atoms with Crippen LogP contribution in [0.25, 0.3) is 12.2 Å². The van der Waals surface area contributed by atoms with Crippen molar-refractivity contribution in [2.24, 2.45) is 10.2 Å². The first-order valence-electron chi connectivity index (χ1n) is 4.47. The molecule has 0 saturated heterocycles. The zero-order valence-electron chi connectivity index (χ0n) is 7.47.